The monoisotopic (exact) mass is 508 g/mol. The molecular weight excluding hydrogens is 468 g/mol. The van der Waals surface area contributed by atoms with Crippen LogP contribution in [0.15, 0.2) is 30.5 Å². The molecule has 5 rings (SSSR count). The maximum Gasteiger partial charge on any atom is 0.410 e. The number of nitrogens with zero attached hydrogens (tertiary/aromatic N) is 6. The van der Waals surface area contributed by atoms with Gasteiger partial charge in [-0.25, -0.2) is 14.8 Å². The van der Waals surface area contributed by atoms with Crippen molar-refractivity contribution in [2.24, 2.45) is 0 Å². The van der Waals surface area contributed by atoms with E-state index < -0.39 is 5.60 Å². The fourth-order valence-corrected chi connectivity index (χ4v) is 5.26. The molecule has 0 saturated carbocycles. The van der Waals surface area contributed by atoms with Gasteiger partial charge in [0.25, 0.3) is 0 Å². The summed E-state index contributed by atoms with van der Waals surface area (Å²) in [5.74, 6) is 1.85. The minimum Gasteiger partial charge on any atom is -0.444 e. The number of hydrogen-bond donors (Lipinski definition) is 0. The number of rotatable bonds is 6. The van der Waals surface area contributed by atoms with Crippen molar-refractivity contribution in [3.05, 3.63) is 36.0 Å². The Bertz CT molecular complexity index is 1070. The molecular formula is C28H40N6O3. The van der Waals surface area contributed by atoms with E-state index in [-0.39, 0.29) is 6.09 Å². The average Bonchev–Trinajstić information content (AvgIpc) is 3.30. The SMILES string of the molecule is CC(C)(C)OC(=O)N1CCN(c2ccccc2-c2ncc3c(n2)N(CCCN2CCOCC2)CC3)CC1. The lowest BCUT2D eigenvalue weighted by molar-refractivity contribution is 0.0240. The van der Waals surface area contributed by atoms with Crippen LogP contribution in [0.25, 0.3) is 11.4 Å². The lowest BCUT2D eigenvalue weighted by atomic mass is 10.1. The fraction of sp³-hybridized carbons (Fsp3) is 0.607. The van der Waals surface area contributed by atoms with Gasteiger partial charge in [-0.2, -0.15) is 0 Å². The van der Waals surface area contributed by atoms with Crippen LogP contribution in [0.5, 0.6) is 0 Å². The molecule has 0 radical (unpaired) electrons. The van der Waals surface area contributed by atoms with Gasteiger partial charge in [0, 0.05) is 81.9 Å². The van der Waals surface area contributed by atoms with E-state index in [1.54, 1.807) is 4.90 Å². The molecule has 0 atom stereocenters. The van der Waals surface area contributed by atoms with Crippen LogP contribution < -0.4 is 9.80 Å². The summed E-state index contributed by atoms with van der Waals surface area (Å²) in [5, 5.41) is 0. The molecule has 1 aromatic carbocycles. The van der Waals surface area contributed by atoms with Gasteiger partial charge in [-0.05, 0) is 45.7 Å². The van der Waals surface area contributed by atoms with Gasteiger partial charge in [-0.1, -0.05) is 12.1 Å². The Balaban J connectivity index is 1.25. The van der Waals surface area contributed by atoms with E-state index >= 15 is 0 Å². The van der Waals surface area contributed by atoms with Gasteiger partial charge in [0.15, 0.2) is 5.82 Å². The Labute approximate surface area is 220 Å². The molecule has 200 valence electrons. The highest BCUT2D eigenvalue weighted by Crippen LogP contribution is 2.33. The summed E-state index contributed by atoms with van der Waals surface area (Å²) in [6, 6.07) is 8.35. The summed E-state index contributed by atoms with van der Waals surface area (Å²) >= 11 is 0. The highest BCUT2D eigenvalue weighted by molar-refractivity contribution is 5.76. The summed E-state index contributed by atoms with van der Waals surface area (Å²) < 4.78 is 11.0. The van der Waals surface area contributed by atoms with Crippen molar-refractivity contribution in [1.82, 2.24) is 19.8 Å². The first-order valence-corrected chi connectivity index (χ1v) is 13.6. The van der Waals surface area contributed by atoms with Gasteiger partial charge in [0.2, 0.25) is 0 Å². The number of piperazine rings is 1. The topological polar surface area (TPSA) is 74.3 Å². The second-order valence-corrected chi connectivity index (χ2v) is 11.1. The molecule has 4 heterocycles. The number of para-hydroxylation sites is 1. The largest absolute Gasteiger partial charge is 0.444 e. The van der Waals surface area contributed by atoms with Crippen LogP contribution in [-0.2, 0) is 15.9 Å². The smallest absolute Gasteiger partial charge is 0.410 e. The number of aromatic nitrogens is 2. The molecule has 3 aliphatic heterocycles. The molecule has 2 aromatic rings. The summed E-state index contributed by atoms with van der Waals surface area (Å²) in [6.45, 7) is 15.3. The third-order valence-electron chi connectivity index (χ3n) is 7.22. The van der Waals surface area contributed by atoms with Crippen LogP contribution in [0.4, 0.5) is 16.3 Å². The van der Waals surface area contributed by atoms with Crippen molar-refractivity contribution in [2.45, 2.75) is 39.2 Å². The molecule has 2 fully saturated rings. The minimum absolute atomic E-state index is 0.240. The number of amides is 1. The molecule has 0 unspecified atom stereocenters. The molecule has 3 aliphatic rings. The van der Waals surface area contributed by atoms with Crippen molar-refractivity contribution in [2.75, 3.05) is 81.9 Å². The number of ether oxygens (including phenoxy) is 2. The van der Waals surface area contributed by atoms with Crippen molar-refractivity contribution in [3.63, 3.8) is 0 Å². The third-order valence-corrected chi connectivity index (χ3v) is 7.22. The van der Waals surface area contributed by atoms with E-state index in [0.29, 0.717) is 13.1 Å². The van der Waals surface area contributed by atoms with Gasteiger partial charge >= 0.3 is 6.09 Å². The molecule has 0 aliphatic carbocycles. The van der Waals surface area contributed by atoms with E-state index in [1.165, 1.54) is 5.56 Å². The molecule has 0 spiro atoms. The van der Waals surface area contributed by atoms with Crippen LogP contribution in [0.1, 0.15) is 32.8 Å². The first-order chi connectivity index (χ1) is 17.9. The fourth-order valence-electron chi connectivity index (χ4n) is 5.26. The van der Waals surface area contributed by atoms with Gasteiger partial charge in [-0.3, -0.25) is 4.90 Å². The lowest BCUT2D eigenvalue weighted by Crippen LogP contribution is -2.50. The second kappa shape index (κ2) is 11.2. The lowest BCUT2D eigenvalue weighted by Gasteiger charge is -2.37. The van der Waals surface area contributed by atoms with Gasteiger partial charge in [0.1, 0.15) is 11.4 Å². The van der Waals surface area contributed by atoms with Crippen LogP contribution in [0.2, 0.25) is 0 Å². The number of carbonyl (C=O) groups is 1. The van der Waals surface area contributed by atoms with Crippen LogP contribution in [0.3, 0.4) is 0 Å². The number of hydrogen-bond acceptors (Lipinski definition) is 8. The number of anilines is 2. The Morgan fingerprint density at radius 3 is 2.51 bits per heavy atom. The van der Waals surface area contributed by atoms with Gasteiger partial charge < -0.3 is 24.2 Å². The summed E-state index contributed by atoms with van der Waals surface area (Å²) in [7, 11) is 0. The second-order valence-electron chi connectivity index (χ2n) is 11.1. The zero-order valence-corrected chi connectivity index (χ0v) is 22.5. The number of carbonyl (C=O) groups excluding carboxylic acids is 1. The molecule has 0 bridgehead atoms. The molecule has 9 heteroatoms. The first-order valence-electron chi connectivity index (χ1n) is 13.6. The summed E-state index contributed by atoms with van der Waals surface area (Å²) in [6.07, 6.45) is 3.89. The molecule has 1 amide bonds. The number of fused-ring (bicyclic) bond motifs is 1. The van der Waals surface area contributed by atoms with Crippen molar-refractivity contribution < 1.29 is 14.3 Å². The Kier molecular flexibility index (Phi) is 7.81. The van der Waals surface area contributed by atoms with Crippen LogP contribution in [-0.4, -0.2) is 104 Å². The third kappa shape index (κ3) is 6.33. The molecule has 1 aromatic heterocycles. The zero-order valence-electron chi connectivity index (χ0n) is 22.5. The quantitative estimate of drug-likeness (QED) is 0.589. The van der Waals surface area contributed by atoms with E-state index in [9.17, 15) is 4.79 Å². The predicted molar refractivity (Wildman–Crippen MR) is 145 cm³/mol. The Morgan fingerprint density at radius 1 is 1.00 bits per heavy atom. The van der Waals surface area contributed by atoms with Crippen LogP contribution in [0, 0.1) is 0 Å². The molecule has 0 N–H and O–H groups in total. The van der Waals surface area contributed by atoms with Gasteiger partial charge in [0.05, 0.1) is 13.2 Å². The number of benzene rings is 1. The maximum absolute atomic E-state index is 12.5. The summed E-state index contributed by atoms with van der Waals surface area (Å²) in [5.41, 5.74) is 2.90. The first kappa shape index (κ1) is 25.7. The normalized spacial score (nSPS) is 18.7. The zero-order chi connectivity index (χ0) is 25.8. The highest BCUT2D eigenvalue weighted by atomic mass is 16.6. The van der Waals surface area contributed by atoms with E-state index in [2.05, 4.69) is 32.9 Å². The maximum atomic E-state index is 12.5. The van der Waals surface area contributed by atoms with Crippen molar-refractivity contribution in [1.29, 1.82) is 0 Å². The Hall–Kier alpha value is -2.91. The summed E-state index contributed by atoms with van der Waals surface area (Å²) in [4.78, 5) is 31.4. The van der Waals surface area contributed by atoms with Crippen molar-refractivity contribution in [3.8, 4) is 11.4 Å². The minimum atomic E-state index is -0.484. The Morgan fingerprint density at radius 2 is 1.76 bits per heavy atom. The predicted octanol–water partition coefficient (Wildman–Crippen LogP) is 3.29. The van der Waals surface area contributed by atoms with E-state index in [4.69, 9.17) is 19.4 Å². The van der Waals surface area contributed by atoms with E-state index in [0.717, 1.165) is 94.8 Å². The molecule has 9 nitrogen and oxygen atoms in total. The number of morpholine rings is 1. The van der Waals surface area contributed by atoms with Crippen molar-refractivity contribution >= 4 is 17.6 Å². The highest BCUT2D eigenvalue weighted by Gasteiger charge is 2.28. The average molecular weight is 509 g/mol. The van der Waals surface area contributed by atoms with Crippen LogP contribution >= 0.6 is 0 Å². The molecule has 2 saturated heterocycles. The van der Waals surface area contributed by atoms with Gasteiger partial charge in [-0.15, -0.1) is 0 Å². The molecule has 37 heavy (non-hydrogen) atoms. The standard InChI is InChI=1S/C28H40N6O3/c1-28(2,3)37-27(35)34-15-13-32(14-16-34)24-8-5-4-7-23(24)25-29-21-22-9-12-33(26(22)30-25)11-6-10-31-17-19-36-20-18-31/h4-5,7-8,21H,6,9-20H2,1-3H3. The van der Waals surface area contributed by atoms with E-state index in [1.807, 2.05) is 33.0 Å².